The molecular formula is C23H20N6O. The fourth-order valence-electron chi connectivity index (χ4n) is 3.63. The summed E-state index contributed by atoms with van der Waals surface area (Å²) in [4.78, 5) is 17.3. The maximum atomic E-state index is 12.8. The summed E-state index contributed by atoms with van der Waals surface area (Å²) in [6.45, 7) is 3.35. The second-order valence-corrected chi connectivity index (χ2v) is 7.06. The number of anilines is 1. The summed E-state index contributed by atoms with van der Waals surface area (Å²) in [6.07, 6.45) is 0. The van der Waals surface area contributed by atoms with Crippen LogP contribution in [0.1, 0.15) is 22.8 Å². The number of imidazole rings is 1. The van der Waals surface area contributed by atoms with Crippen molar-refractivity contribution in [3.63, 3.8) is 0 Å². The van der Waals surface area contributed by atoms with Crippen LogP contribution in [0.15, 0.2) is 72.8 Å². The molecule has 0 atom stereocenters. The lowest BCUT2D eigenvalue weighted by Crippen LogP contribution is -2.16. The van der Waals surface area contributed by atoms with E-state index < -0.39 is 0 Å². The zero-order chi connectivity index (χ0) is 20.5. The van der Waals surface area contributed by atoms with Gasteiger partial charge in [-0.05, 0) is 48.9 Å². The third kappa shape index (κ3) is 3.20. The zero-order valence-electron chi connectivity index (χ0n) is 16.5. The molecule has 0 aliphatic rings. The van der Waals surface area contributed by atoms with Gasteiger partial charge in [-0.1, -0.05) is 41.6 Å². The van der Waals surface area contributed by atoms with Gasteiger partial charge in [0.2, 0.25) is 5.95 Å². The largest absolute Gasteiger partial charge is 0.310 e. The second-order valence-electron chi connectivity index (χ2n) is 7.06. The van der Waals surface area contributed by atoms with Crippen molar-refractivity contribution in [1.82, 2.24) is 24.5 Å². The summed E-state index contributed by atoms with van der Waals surface area (Å²) in [7, 11) is 0. The first-order chi connectivity index (χ1) is 14.7. The molecule has 0 fully saturated rings. The van der Waals surface area contributed by atoms with Gasteiger partial charge in [0.15, 0.2) is 0 Å². The Labute approximate surface area is 173 Å². The van der Waals surface area contributed by atoms with E-state index >= 15 is 0 Å². The molecule has 0 aliphatic carbocycles. The quantitative estimate of drug-likeness (QED) is 0.485. The molecule has 0 bridgehead atoms. The van der Waals surface area contributed by atoms with Crippen LogP contribution in [0.2, 0.25) is 0 Å². The number of aromatic nitrogens is 5. The van der Waals surface area contributed by atoms with Crippen LogP contribution in [0.25, 0.3) is 22.1 Å². The topological polar surface area (TPSA) is 77.6 Å². The van der Waals surface area contributed by atoms with E-state index in [2.05, 4.69) is 20.6 Å². The van der Waals surface area contributed by atoms with E-state index in [4.69, 9.17) is 0 Å². The summed E-state index contributed by atoms with van der Waals surface area (Å²) >= 11 is 0. The van der Waals surface area contributed by atoms with Crippen LogP contribution in [-0.4, -0.2) is 30.5 Å². The Morgan fingerprint density at radius 2 is 1.60 bits per heavy atom. The number of nitrogens with one attached hydrogen (secondary N) is 1. The third-order valence-corrected chi connectivity index (χ3v) is 5.16. The van der Waals surface area contributed by atoms with Gasteiger partial charge in [0.25, 0.3) is 5.91 Å². The molecule has 5 rings (SSSR count). The molecule has 0 spiro atoms. The first-order valence-electron chi connectivity index (χ1n) is 9.86. The molecule has 0 saturated heterocycles. The van der Waals surface area contributed by atoms with Gasteiger partial charge in [0.1, 0.15) is 5.52 Å². The average Bonchev–Trinajstić information content (AvgIpc) is 3.35. The molecule has 0 radical (unpaired) electrons. The maximum Gasteiger partial charge on any atom is 0.257 e. The van der Waals surface area contributed by atoms with Crippen LogP contribution in [0.3, 0.4) is 0 Å². The molecule has 3 aromatic carbocycles. The number of amides is 1. The minimum atomic E-state index is -0.183. The highest BCUT2D eigenvalue weighted by molar-refractivity contribution is 6.04. The van der Waals surface area contributed by atoms with Gasteiger partial charge < -0.3 is 4.57 Å². The molecule has 148 valence electrons. The number of benzene rings is 3. The molecule has 1 N–H and O–H groups in total. The van der Waals surface area contributed by atoms with Crippen molar-refractivity contribution < 1.29 is 4.79 Å². The summed E-state index contributed by atoms with van der Waals surface area (Å²) in [5.41, 5.74) is 5.35. The van der Waals surface area contributed by atoms with Crippen LogP contribution in [0, 0.1) is 0 Å². The Bertz CT molecular complexity index is 1350. The molecule has 2 heterocycles. The lowest BCUT2D eigenvalue weighted by Gasteiger charge is -2.08. The van der Waals surface area contributed by atoms with Crippen molar-refractivity contribution in [2.24, 2.45) is 0 Å². The minimum absolute atomic E-state index is 0.183. The second kappa shape index (κ2) is 7.44. The van der Waals surface area contributed by atoms with Gasteiger partial charge in [-0.25, -0.2) is 9.67 Å². The smallest absolute Gasteiger partial charge is 0.257 e. The van der Waals surface area contributed by atoms with E-state index in [0.29, 0.717) is 18.1 Å². The number of carbonyl (C=O) groups is 1. The Balaban J connectivity index is 1.35. The Morgan fingerprint density at radius 1 is 0.900 bits per heavy atom. The predicted octanol–water partition coefficient (Wildman–Crippen LogP) is 4.10. The van der Waals surface area contributed by atoms with E-state index in [1.807, 2.05) is 89.0 Å². The van der Waals surface area contributed by atoms with Gasteiger partial charge >= 0.3 is 0 Å². The van der Waals surface area contributed by atoms with E-state index in [9.17, 15) is 4.79 Å². The number of hydrogen-bond donors (Lipinski definition) is 1. The van der Waals surface area contributed by atoms with Crippen molar-refractivity contribution in [1.29, 1.82) is 0 Å². The van der Waals surface area contributed by atoms with Crippen molar-refractivity contribution in [2.45, 2.75) is 20.0 Å². The third-order valence-electron chi connectivity index (χ3n) is 5.16. The van der Waals surface area contributed by atoms with Gasteiger partial charge in [-0.15, -0.1) is 5.10 Å². The molecule has 5 aromatic rings. The monoisotopic (exact) mass is 396 g/mol. The number of fused-ring (bicyclic) bond motifs is 2. The normalized spacial score (nSPS) is 11.2. The Morgan fingerprint density at radius 3 is 2.37 bits per heavy atom. The van der Waals surface area contributed by atoms with Crippen molar-refractivity contribution in [3.8, 4) is 0 Å². The molecule has 30 heavy (non-hydrogen) atoms. The summed E-state index contributed by atoms with van der Waals surface area (Å²) in [5.74, 6) is 0.375. The molecule has 7 heteroatoms. The summed E-state index contributed by atoms with van der Waals surface area (Å²) < 4.78 is 3.85. The maximum absolute atomic E-state index is 12.8. The number of para-hydroxylation sites is 3. The molecule has 0 aliphatic heterocycles. The average molecular weight is 396 g/mol. The highest BCUT2D eigenvalue weighted by atomic mass is 16.1. The Kier molecular flexibility index (Phi) is 4.48. The van der Waals surface area contributed by atoms with E-state index in [-0.39, 0.29) is 5.91 Å². The van der Waals surface area contributed by atoms with Crippen LogP contribution >= 0.6 is 0 Å². The van der Waals surface area contributed by atoms with Gasteiger partial charge in [-0.3, -0.25) is 10.1 Å². The highest BCUT2D eigenvalue weighted by Gasteiger charge is 2.13. The molecular weight excluding hydrogens is 376 g/mol. The van der Waals surface area contributed by atoms with Crippen LogP contribution in [0.4, 0.5) is 5.95 Å². The van der Waals surface area contributed by atoms with Crippen LogP contribution < -0.4 is 5.32 Å². The number of carbonyl (C=O) groups excluding carboxylic acids is 1. The molecule has 0 saturated carbocycles. The van der Waals surface area contributed by atoms with Gasteiger partial charge in [-0.2, -0.15) is 0 Å². The van der Waals surface area contributed by atoms with Crippen LogP contribution in [0.5, 0.6) is 0 Å². The first kappa shape index (κ1) is 18.1. The van der Waals surface area contributed by atoms with Crippen LogP contribution in [-0.2, 0) is 13.1 Å². The minimum Gasteiger partial charge on any atom is -0.310 e. The fourth-order valence-corrected chi connectivity index (χ4v) is 3.63. The Hall–Kier alpha value is -4.00. The summed E-state index contributed by atoms with van der Waals surface area (Å²) in [6, 6.07) is 23.2. The lowest BCUT2D eigenvalue weighted by molar-refractivity contribution is 0.102. The summed E-state index contributed by atoms with van der Waals surface area (Å²) in [5, 5.41) is 11.3. The molecule has 2 aromatic heterocycles. The number of nitrogens with zero attached hydrogens (tertiary/aromatic N) is 5. The highest BCUT2D eigenvalue weighted by Crippen LogP contribution is 2.20. The van der Waals surface area contributed by atoms with Gasteiger partial charge in [0, 0.05) is 12.1 Å². The van der Waals surface area contributed by atoms with Crippen molar-refractivity contribution >= 4 is 33.9 Å². The number of aryl methyl sites for hydroxylation is 1. The fraction of sp³-hybridized carbons (Fsp3) is 0.130. The van der Waals surface area contributed by atoms with E-state index in [0.717, 1.165) is 34.2 Å². The predicted molar refractivity (Wildman–Crippen MR) is 116 cm³/mol. The van der Waals surface area contributed by atoms with Gasteiger partial charge in [0.05, 0.1) is 23.1 Å². The van der Waals surface area contributed by atoms with Crippen molar-refractivity contribution in [2.75, 3.05) is 5.32 Å². The molecule has 1 amide bonds. The van der Waals surface area contributed by atoms with Crippen molar-refractivity contribution in [3.05, 3.63) is 83.9 Å². The van der Waals surface area contributed by atoms with E-state index in [1.165, 1.54) is 0 Å². The zero-order valence-corrected chi connectivity index (χ0v) is 16.5. The SMILES string of the molecule is CCn1c(NC(=O)c2ccc(Cn3nnc4ccccc43)cc2)nc2ccccc21. The molecule has 7 nitrogen and oxygen atoms in total. The van der Waals surface area contributed by atoms with E-state index in [1.54, 1.807) is 0 Å². The molecule has 0 unspecified atom stereocenters. The standard InChI is InChI=1S/C23H20N6O/c1-2-28-20-9-5-3-7-18(20)24-23(28)25-22(30)17-13-11-16(12-14-17)15-29-21-10-6-4-8-19(21)26-27-29/h3-14H,2,15H2,1H3,(H,24,25,30). The number of hydrogen-bond acceptors (Lipinski definition) is 4. The first-order valence-corrected chi connectivity index (χ1v) is 9.86. The lowest BCUT2D eigenvalue weighted by atomic mass is 10.1. The number of rotatable bonds is 5.